The van der Waals surface area contributed by atoms with Crippen molar-refractivity contribution in [2.45, 2.75) is 44.6 Å². The molecule has 0 aliphatic heterocycles. The molecule has 0 saturated heterocycles. The van der Waals surface area contributed by atoms with Crippen LogP contribution in [0.4, 0.5) is 0 Å². The van der Waals surface area contributed by atoms with E-state index < -0.39 is 0 Å². The van der Waals surface area contributed by atoms with Crippen molar-refractivity contribution < 1.29 is 0 Å². The molecule has 0 spiro atoms. The molecule has 0 aromatic heterocycles. The second-order valence-electron chi connectivity index (χ2n) is 4.60. The number of rotatable bonds is 10. The molecule has 2 heteroatoms. The molecule has 1 saturated carbocycles. The average Bonchev–Trinajstić information content (AvgIpc) is 3.05. The summed E-state index contributed by atoms with van der Waals surface area (Å²) in [6.45, 7) is 7.26. The van der Waals surface area contributed by atoms with E-state index in [4.69, 9.17) is 0 Å². The van der Waals surface area contributed by atoms with E-state index in [0.29, 0.717) is 0 Å². The molecule has 0 bridgehead atoms. The summed E-state index contributed by atoms with van der Waals surface area (Å²) in [6, 6.07) is 0.902. The average molecular weight is 210 g/mol. The Morgan fingerprint density at radius 1 is 1.27 bits per heavy atom. The summed E-state index contributed by atoms with van der Waals surface area (Å²) in [4.78, 5) is 2.48. The highest BCUT2D eigenvalue weighted by molar-refractivity contribution is 4.82. The van der Waals surface area contributed by atoms with Gasteiger partial charge in [0, 0.05) is 19.1 Å². The van der Waals surface area contributed by atoms with E-state index in [-0.39, 0.29) is 0 Å². The minimum atomic E-state index is 0.902. The van der Waals surface area contributed by atoms with Crippen LogP contribution in [0.5, 0.6) is 0 Å². The first-order valence-corrected chi connectivity index (χ1v) is 6.36. The van der Waals surface area contributed by atoms with Crippen LogP contribution in [-0.4, -0.2) is 37.6 Å². The quantitative estimate of drug-likeness (QED) is 0.440. The molecule has 0 aromatic rings. The van der Waals surface area contributed by atoms with Crippen molar-refractivity contribution in [3.05, 3.63) is 12.7 Å². The zero-order chi connectivity index (χ0) is 10.9. The summed E-state index contributed by atoms with van der Waals surface area (Å²) < 4.78 is 0. The summed E-state index contributed by atoms with van der Waals surface area (Å²) in [5.74, 6) is 0. The van der Waals surface area contributed by atoms with Crippen molar-refractivity contribution in [3.8, 4) is 0 Å². The van der Waals surface area contributed by atoms with Gasteiger partial charge in [-0.1, -0.05) is 12.5 Å². The fraction of sp³-hybridized carbons (Fsp3) is 0.846. The highest BCUT2D eigenvalue weighted by Gasteiger charge is 2.25. The molecular weight excluding hydrogens is 184 g/mol. The molecule has 0 amide bonds. The maximum Gasteiger partial charge on any atom is 0.0107 e. The summed E-state index contributed by atoms with van der Waals surface area (Å²) in [6.07, 6.45) is 9.95. The molecule has 1 fully saturated rings. The number of nitrogens with zero attached hydrogens (tertiary/aromatic N) is 1. The lowest BCUT2D eigenvalue weighted by Gasteiger charge is -2.15. The summed E-state index contributed by atoms with van der Waals surface area (Å²) in [5.41, 5.74) is 0. The number of nitrogens with one attached hydrogen (secondary N) is 1. The second-order valence-corrected chi connectivity index (χ2v) is 4.60. The van der Waals surface area contributed by atoms with Crippen molar-refractivity contribution in [1.29, 1.82) is 0 Å². The predicted molar refractivity (Wildman–Crippen MR) is 67.2 cm³/mol. The standard InChI is InChI=1S/C13H26N2/c1-3-4-5-6-7-10-14-11-12-15(2)13-8-9-13/h3,13-14H,1,4-12H2,2H3. The maximum atomic E-state index is 3.73. The highest BCUT2D eigenvalue weighted by atomic mass is 15.2. The molecule has 88 valence electrons. The van der Waals surface area contributed by atoms with E-state index in [1.807, 2.05) is 6.08 Å². The topological polar surface area (TPSA) is 15.3 Å². The van der Waals surface area contributed by atoms with Gasteiger partial charge in [-0.3, -0.25) is 0 Å². The molecule has 0 aromatic carbocycles. The third-order valence-electron chi connectivity index (χ3n) is 3.07. The van der Waals surface area contributed by atoms with E-state index >= 15 is 0 Å². The van der Waals surface area contributed by atoms with Crippen molar-refractivity contribution in [2.75, 3.05) is 26.7 Å². The molecule has 15 heavy (non-hydrogen) atoms. The van der Waals surface area contributed by atoms with Gasteiger partial charge in [-0.15, -0.1) is 6.58 Å². The largest absolute Gasteiger partial charge is 0.315 e. The lowest BCUT2D eigenvalue weighted by molar-refractivity contribution is 0.321. The van der Waals surface area contributed by atoms with E-state index in [1.165, 1.54) is 51.6 Å². The molecule has 2 nitrogen and oxygen atoms in total. The molecule has 0 radical (unpaired) electrons. The first-order chi connectivity index (χ1) is 7.34. The van der Waals surface area contributed by atoms with Crippen molar-refractivity contribution in [3.63, 3.8) is 0 Å². The van der Waals surface area contributed by atoms with E-state index in [1.54, 1.807) is 0 Å². The lowest BCUT2D eigenvalue weighted by Crippen LogP contribution is -2.31. The second kappa shape index (κ2) is 7.89. The van der Waals surface area contributed by atoms with Crippen molar-refractivity contribution >= 4 is 0 Å². The lowest BCUT2D eigenvalue weighted by atomic mass is 10.2. The number of unbranched alkanes of at least 4 members (excludes halogenated alkanes) is 3. The Balaban J connectivity index is 1.74. The van der Waals surface area contributed by atoms with Crippen molar-refractivity contribution in [2.24, 2.45) is 0 Å². The zero-order valence-corrected chi connectivity index (χ0v) is 10.2. The Hall–Kier alpha value is -0.340. The van der Waals surface area contributed by atoms with Crippen LogP contribution in [0, 0.1) is 0 Å². The van der Waals surface area contributed by atoms with Crippen LogP contribution in [-0.2, 0) is 0 Å². The van der Waals surface area contributed by atoms with Crippen LogP contribution in [0.15, 0.2) is 12.7 Å². The molecule has 0 atom stereocenters. The third kappa shape index (κ3) is 6.69. The Kier molecular flexibility index (Phi) is 6.69. The minimum Gasteiger partial charge on any atom is -0.315 e. The van der Waals surface area contributed by atoms with Crippen LogP contribution >= 0.6 is 0 Å². The Bertz CT molecular complexity index is 164. The first-order valence-electron chi connectivity index (χ1n) is 6.36. The summed E-state index contributed by atoms with van der Waals surface area (Å²) in [5, 5.41) is 3.51. The van der Waals surface area contributed by atoms with Crippen LogP contribution in [0.2, 0.25) is 0 Å². The van der Waals surface area contributed by atoms with Gasteiger partial charge >= 0.3 is 0 Å². The van der Waals surface area contributed by atoms with Gasteiger partial charge in [-0.05, 0) is 45.7 Å². The maximum absolute atomic E-state index is 3.73. The van der Waals surface area contributed by atoms with Crippen LogP contribution in [0.25, 0.3) is 0 Å². The summed E-state index contributed by atoms with van der Waals surface area (Å²) >= 11 is 0. The van der Waals surface area contributed by atoms with Gasteiger partial charge in [0.1, 0.15) is 0 Å². The fourth-order valence-electron chi connectivity index (χ4n) is 1.79. The Labute approximate surface area is 94.7 Å². The molecule has 1 aliphatic rings. The van der Waals surface area contributed by atoms with Crippen LogP contribution in [0.1, 0.15) is 38.5 Å². The fourth-order valence-corrected chi connectivity index (χ4v) is 1.79. The van der Waals surface area contributed by atoms with Gasteiger partial charge in [0.15, 0.2) is 0 Å². The molecule has 1 N–H and O–H groups in total. The number of hydrogen-bond donors (Lipinski definition) is 1. The van der Waals surface area contributed by atoms with Crippen LogP contribution < -0.4 is 5.32 Å². The van der Waals surface area contributed by atoms with Crippen molar-refractivity contribution in [1.82, 2.24) is 10.2 Å². The number of likely N-dealkylation sites (N-methyl/N-ethyl adjacent to an activating group) is 1. The van der Waals surface area contributed by atoms with Gasteiger partial charge in [0.05, 0.1) is 0 Å². The smallest absolute Gasteiger partial charge is 0.0107 e. The normalized spacial score (nSPS) is 15.9. The molecule has 1 aliphatic carbocycles. The van der Waals surface area contributed by atoms with Gasteiger partial charge in [-0.25, -0.2) is 0 Å². The Morgan fingerprint density at radius 3 is 2.73 bits per heavy atom. The monoisotopic (exact) mass is 210 g/mol. The van der Waals surface area contributed by atoms with Gasteiger partial charge in [0.2, 0.25) is 0 Å². The molecular formula is C13H26N2. The van der Waals surface area contributed by atoms with Gasteiger partial charge < -0.3 is 10.2 Å². The van der Waals surface area contributed by atoms with Gasteiger partial charge in [-0.2, -0.15) is 0 Å². The van der Waals surface area contributed by atoms with E-state index in [0.717, 1.165) is 12.6 Å². The van der Waals surface area contributed by atoms with E-state index in [9.17, 15) is 0 Å². The Morgan fingerprint density at radius 2 is 2.07 bits per heavy atom. The molecule has 0 unspecified atom stereocenters. The number of hydrogen-bond acceptors (Lipinski definition) is 2. The van der Waals surface area contributed by atoms with Crippen LogP contribution in [0.3, 0.4) is 0 Å². The molecule has 1 rings (SSSR count). The van der Waals surface area contributed by atoms with Gasteiger partial charge in [0.25, 0.3) is 0 Å². The third-order valence-corrected chi connectivity index (χ3v) is 3.07. The zero-order valence-electron chi connectivity index (χ0n) is 10.2. The predicted octanol–water partition coefficient (Wildman–Crippen LogP) is 2.42. The first kappa shape index (κ1) is 12.7. The summed E-state index contributed by atoms with van der Waals surface area (Å²) in [7, 11) is 2.24. The SMILES string of the molecule is C=CCCCCCNCCN(C)C1CC1. The highest BCUT2D eigenvalue weighted by Crippen LogP contribution is 2.24. The number of allylic oxidation sites excluding steroid dienone is 1. The molecule has 0 heterocycles. The van der Waals surface area contributed by atoms with E-state index in [2.05, 4.69) is 23.8 Å². The minimum absolute atomic E-state index is 0.902.